The molecule has 0 radical (unpaired) electrons. The van der Waals surface area contributed by atoms with Gasteiger partial charge in [-0.25, -0.2) is 13.8 Å². The molecule has 0 fully saturated rings. The molecule has 0 aliphatic rings. The molecule has 90 valence electrons. The van der Waals surface area contributed by atoms with Gasteiger partial charge in [-0.15, -0.1) is 0 Å². The highest BCUT2D eigenvalue weighted by Crippen LogP contribution is 2.27. The topological polar surface area (TPSA) is 63.0 Å². The van der Waals surface area contributed by atoms with Crippen LogP contribution >= 0.6 is 11.6 Å². The molecule has 0 N–H and O–H groups in total. The van der Waals surface area contributed by atoms with Crippen LogP contribution in [0, 0.1) is 11.3 Å². The van der Waals surface area contributed by atoms with Gasteiger partial charge in [0.25, 0.3) is 6.43 Å². The van der Waals surface area contributed by atoms with Crippen molar-refractivity contribution in [1.29, 1.82) is 5.26 Å². The number of rotatable bonds is 3. The van der Waals surface area contributed by atoms with Crippen LogP contribution in [-0.4, -0.2) is 18.1 Å². The van der Waals surface area contributed by atoms with Gasteiger partial charge in [-0.3, -0.25) is 4.79 Å². The Kier molecular flexibility index (Phi) is 4.35. The van der Waals surface area contributed by atoms with Crippen molar-refractivity contribution in [3.63, 3.8) is 0 Å². The van der Waals surface area contributed by atoms with Crippen LogP contribution in [0.5, 0.6) is 0 Å². The molecule has 0 saturated heterocycles. The monoisotopic (exact) mass is 260 g/mol. The average molecular weight is 261 g/mol. The SMILES string of the molecule is COC(=O)Cc1nc(C#N)c(Cl)cc1C(F)F. The average Bonchev–Trinajstić information content (AvgIpc) is 2.30. The summed E-state index contributed by atoms with van der Waals surface area (Å²) in [6.07, 6.45) is -3.26. The zero-order valence-electron chi connectivity index (χ0n) is 8.71. The van der Waals surface area contributed by atoms with E-state index in [4.69, 9.17) is 16.9 Å². The van der Waals surface area contributed by atoms with Crippen LogP contribution in [-0.2, 0) is 16.0 Å². The van der Waals surface area contributed by atoms with Gasteiger partial charge >= 0.3 is 5.97 Å². The minimum atomic E-state index is -2.83. The first-order valence-corrected chi connectivity index (χ1v) is 4.81. The van der Waals surface area contributed by atoms with E-state index in [1.165, 1.54) is 0 Å². The molecule has 1 rings (SSSR count). The maximum absolute atomic E-state index is 12.7. The number of alkyl halides is 2. The fourth-order valence-electron chi connectivity index (χ4n) is 1.16. The minimum Gasteiger partial charge on any atom is -0.469 e. The molecule has 4 nitrogen and oxygen atoms in total. The fourth-order valence-corrected chi connectivity index (χ4v) is 1.36. The van der Waals surface area contributed by atoms with Crippen LogP contribution in [0.1, 0.15) is 23.4 Å². The van der Waals surface area contributed by atoms with E-state index in [1.54, 1.807) is 6.07 Å². The standard InChI is InChI=1S/C10H7ClF2N2O2/c1-17-9(16)3-7-5(10(12)13)2-6(11)8(4-14)15-7/h2,10H,3H2,1H3. The second-order valence-electron chi connectivity index (χ2n) is 3.02. The summed E-state index contributed by atoms with van der Waals surface area (Å²) in [7, 11) is 1.13. The van der Waals surface area contributed by atoms with E-state index in [-0.39, 0.29) is 16.4 Å². The fraction of sp³-hybridized carbons (Fsp3) is 0.300. The summed E-state index contributed by atoms with van der Waals surface area (Å²) in [5.74, 6) is -0.717. The molecule has 0 atom stereocenters. The Labute approximate surface area is 101 Å². The Balaban J connectivity index is 3.25. The predicted molar refractivity (Wildman–Crippen MR) is 54.6 cm³/mol. The molecular weight excluding hydrogens is 254 g/mol. The summed E-state index contributed by atoms with van der Waals surface area (Å²) in [6, 6.07) is 2.59. The number of ether oxygens (including phenoxy) is 1. The predicted octanol–water partition coefficient (Wildman–Crippen LogP) is 2.26. The number of hydrogen-bond acceptors (Lipinski definition) is 4. The third-order valence-electron chi connectivity index (χ3n) is 1.97. The van der Waals surface area contributed by atoms with Crippen LogP contribution in [0.2, 0.25) is 5.02 Å². The number of pyridine rings is 1. The molecule has 0 saturated carbocycles. The van der Waals surface area contributed by atoms with Crippen LogP contribution in [0.25, 0.3) is 0 Å². The molecule has 0 unspecified atom stereocenters. The van der Waals surface area contributed by atoms with E-state index in [1.807, 2.05) is 0 Å². The zero-order valence-corrected chi connectivity index (χ0v) is 9.46. The summed E-state index contributed by atoms with van der Waals surface area (Å²) in [6.45, 7) is 0. The number of nitriles is 1. The quantitative estimate of drug-likeness (QED) is 0.782. The molecule has 7 heteroatoms. The maximum Gasteiger partial charge on any atom is 0.311 e. The first kappa shape index (κ1) is 13.3. The molecule has 1 heterocycles. The Hall–Kier alpha value is -1.74. The molecule has 0 spiro atoms. The highest BCUT2D eigenvalue weighted by molar-refractivity contribution is 6.31. The number of hydrogen-bond donors (Lipinski definition) is 0. The molecule has 17 heavy (non-hydrogen) atoms. The van der Waals surface area contributed by atoms with Crippen molar-refractivity contribution in [1.82, 2.24) is 4.98 Å². The molecular formula is C10H7ClF2N2O2. The molecule has 0 aromatic carbocycles. The van der Waals surface area contributed by atoms with E-state index < -0.39 is 24.4 Å². The van der Waals surface area contributed by atoms with Crippen molar-refractivity contribution in [3.8, 4) is 6.07 Å². The number of esters is 1. The van der Waals surface area contributed by atoms with Gasteiger partial charge in [0.1, 0.15) is 6.07 Å². The lowest BCUT2D eigenvalue weighted by Crippen LogP contribution is -2.10. The van der Waals surface area contributed by atoms with Crippen molar-refractivity contribution in [2.45, 2.75) is 12.8 Å². The van der Waals surface area contributed by atoms with Gasteiger partial charge in [0.2, 0.25) is 0 Å². The van der Waals surface area contributed by atoms with E-state index in [0.29, 0.717) is 0 Å². The Bertz CT molecular complexity index is 486. The zero-order chi connectivity index (χ0) is 13.0. The Morgan fingerprint density at radius 1 is 1.71 bits per heavy atom. The second-order valence-corrected chi connectivity index (χ2v) is 3.43. The first-order chi connectivity index (χ1) is 7.99. The van der Waals surface area contributed by atoms with Gasteiger partial charge in [0.05, 0.1) is 24.2 Å². The highest BCUT2D eigenvalue weighted by atomic mass is 35.5. The summed E-state index contributed by atoms with van der Waals surface area (Å²) in [5.41, 5.74) is -0.873. The third-order valence-corrected chi connectivity index (χ3v) is 2.26. The van der Waals surface area contributed by atoms with Gasteiger partial charge in [-0.1, -0.05) is 11.6 Å². The first-order valence-electron chi connectivity index (χ1n) is 4.44. The van der Waals surface area contributed by atoms with Crippen LogP contribution in [0.3, 0.4) is 0 Å². The smallest absolute Gasteiger partial charge is 0.311 e. The molecule has 1 aromatic rings. The second kappa shape index (κ2) is 5.55. The van der Waals surface area contributed by atoms with Gasteiger partial charge in [0, 0.05) is 5.56 Å². The number of methoxy groups -OCH3 is 1. The number of carbonyl (C=O) groups excluding carboxylic acids is 1. The summed E-state index contributed by atoms with van der Waals surface area (Å²) < 4.78 is 29.7. The normalized spacial score (nSPS) is 10.1. The maximum atomic E-state index is 12.7. The lowest BCUT2D eigenvalue weighted by atomic mass is 10.1. The lowest BCUT2D eigenvalue weighted by molar-refractivity contribution is -0.139. The van der Waals surface area contributed by atoms with Crippen molar-refractivity contribution in [2.24, 2.45) is 0 Å². The number of nitrogens with zero attached hydrogens (tertiary/aromatic N) is 2. The molecule has 1 aromatic heterocycles. The van der Waals surface area contributed by atoms with Gasteiger partial charge in [-0.05, 0) is 6.07 Å². The van der Waals surface area contributed by atoms with E-state index in [2.05, 4.69) is 9.72 Å². The Morgan fingerprint density at radius 2 is 2.35 bits per heavy atom. The molecule has 0 bridgehead atoms. The van der Waals surface area contributed by atoms with E-state index >= 15 is 0 Å². The van der Waals surface area contributed by atoms with E-state index in [0.717, 1.165) is 13.2 Å². The largest absolute Gasteiger partial charge is 0.469 e. The van der Waals surface area contributed by atoms with Crippen LogP contribution in [0.15, 0.2) is 6.07 Å². The minimum absolute atomic E-state index is 0.170. The van der Waals surface area contributed by atoms with Crippen molar-refractivity contribution < 1.29 is 18.3 Å². The van der Waals surface area contributed by atoms with Gasteiger partial charge in [0.15, 0.2) is 5.69 Å². The summed E-state index contributed by atoms with van der Waals surface area (Å²) in [5, 5.41) is 8.49. The number of halogens is 3. The van der Waals surface area contributed by atoms with Crippen molar-refractivity contribution in [3.05, 3.63) is 28.0 Å². The summed E-state index contributed by atoms with van der Waals surface area (Å²) in [4.78, 5) is 14.6. The van der Waals surface area contributed by atoms with Crippen LogP contribution in [0.4, 0.5) is 8.78 Å². The lowest BCUT2D eigenvalue weighted by Gasteiger charge is -2.08. The molecule has 0 aliphatic carbocycles. The molecule has 0 aliphatic heterocycles. The van der Waals surface area contributed by atoms with E-state index in [9.17, 15) is 13.6 Å². The van der Waals surface area contributed by atoms with Gasteiger partial charge < -0.3 is 4.74 Å². The number of aromatic nitrogens is 1. The third kappa shape index (κ3) is 3.11. The number of carbonyl (C=O) groups is 1. The van der Waals surface area contributed by atoms with Gasteiger partial charge in [-0.2, -0.15) is 5.26 Å². The summed E-state index contributed by atoms with van der Waals surface area (Å²) >= 11 is 5.58. The van der Waals surface area contributed by atoms with Crippen molar-refractivity contribution >= 4 is 17.6 Å². The van der Waals surface area contributed by atoms with Crippen LogP contribution < -0.4 is 0 Å². The Morgan fingerprint density at radius 3 is 2.82 bits per heavy atom. The molecule has 0 amide bonds. The van der Waals surface area contributed by atoms with Crippen molar-refractivity contribution in [2.75, 3.05) is 7.11 Å². The highest BCUT2D eigenvalue weighted by Gasteiger charge is 2.20.